The van der Waals surface area contributed by atoms with Crippen molar-refractivity contribution in [3.05, 3.63) is 51.7 Å². The van der Waals surface area contributed by atoms with Gasteiger partial charge in [0.05, 0.1) is 18.7 Å². The number of benzene rings is 1. The fourth-order valence-corrected chi connectivity index (χ4v) is 3.00. The standard InChI is InChI=1S/C16H17N3O2S/c1-10-12-4-2-3-5-13(12)21-14(10)8-18-15(20)6-11-9-22-16(7-17)19-11/h2-5,9H,6-8,17H2,1H3,(H,18,20). The van der Waals surface area contributed by atoms with E-state index in [1.54, 1.807) is 0 Å². The lowest BCUT2D eigenvalue weighted by Gasteiger charge is -2.02. The molecule has 2 heterocycles. The van der Waals surface area contributed by atoms with Crippen LogP contribution in [0.15, 0.2) is 34.1 Å². The van der Waals surface area contributed by atoms with Gasteiger partial charge in [-0.15, -0.1) is 11.3 Å². The average molecular weight is 315 g/mol. The summed E-state index contributed by atoms with van der Waals surface area (Å²) in [6.45, 7) is 2.79. The Morgan fingerprint density at radius 1 is 1.41 bits per heavy atom. The molecule has 1 aromatic carbocycles. The van der Waals surface area contributed by atoms with Crippen molar-refractivity contribution >= 4 is 28.2 Å². The minimum absolute atomic E-state index is 0.0753. The first-order valence-electron chi connectivity index (χ1n) is 7.04. The number of nitrogens with zero attached hydrogens (tertiary/aromatic N) is 1. The number of furan rings is 1. The molecule has 0 aliphatic heterocycles. The van der Waals surface area contributed by atoms with Gasteiger partial charge in [0.15, 0.2) is 0 Å². The second kappa shape index (κ2) is 6.29. The van der Waals surface area contributed by atoms with Crippen molar-refractivity contribution in [3.8, 4) is 0 Å². The van der Waals surface area contributed by atoms with Crippen molar-refractivity contribution in [1.29, 1.82) is 0 Å². The molecule has 0 saturated carbocycles. The van der Waals surface area contributed by atoms with Gasteiger partial charge in [-0.3, -0.25) is 4.79 Å². The van der Waals surface area contributed by atoms with E-state index in [1.165, 1.54) is 11.3 Å². The third-order valence-electron chi connectivity index (χ3n) is 3.50. The number of rotatable bonds is 5. The zero-order valence-electron chi connectivity index (χ0n) is 12.3. The molecular weight excluding hydrogens is 298 g/mol. The SMILES string of the molecule is Cc1c(CNC(=O)Cc2csc(CN)n2)oc2ccccc12. The Bertz CT molecular complexity index is 807. The predicted molar refractivity (Wildman–Crippen MR) is 86.5 cm³/mol. The van der Waals surface area contributed by atoms with Gasteiger partial charge in [-0.05, 0) is 13.0 Å². The van der Waals surface area contributed by atoms with Crippen LogP contribution in [-0.4, -0.2) is 10.9 Å². The molecule has 3 rings (SSSR count). The second-order valence-electron chi connectivity index (χ2n) is 5.04. The molecule has 0 unspecified atom stereocenters. The minimum atomic E-state index is -0.0753. The number of aromatic nitrogens is 1. The Balaban J connectivity index is 1.63. The summed E-state index contributed by atoms with van der Waals surface area (Å²) in [6, 6.07) is 7.86. The predicted octanol–water partition coefficient (Wildman–Crippen LogP) is 2.52. The van der Waals surface area contributed by atoms with Crippen molar-refractivity contribution in [2.24, 2.45) is 5.73 Å². The molecule has 1 amide bonds. The second-order valence-corrected chi connectivity index (χ2v) is 5.98. The van der Waals surface area contributed by atoms with Gasteiger partial charge in [-0.2, -0.15) is 0 Å². The summed E-state index contributed by atoms with van der Waals surface area (Å²) in [5.41, 5.74) is 8.18. The van der Waals surface area contributed by atoms with Gasteiger partial charge >= 0.3 is 0 Å². The van der Waals surface area contributed by atoms with Crippen molar-refractivity contribution in [2.45, 2.75) is 26.4 Å². The summed E-state index contributed by atoms with van der Waals surface area (Å²) < 4.78 is 5.78. The Morgan fingerprint density at radius 3 is 2.95 bits per heavy atom. The van der Waals surface area contributed by atoms with Crippen LogP contribution in [0.4, 0.5) is 0 Å². The van der Waals surface area contributed by atoms with Crippen molar-refractivity contribution in [1.82, 2.24) is 10.3 Å². The first-order valence-corrected chi connectivity index (χ1v) is 7.92. The quantitative estimate of drug-likeness (QED) is 0.758. The number of hydrogen-bond donors (Lipinski definition) is 2. The third-order valence-corrected chi connectivity index (χ3v) is 4.42. The topological polar surface area (TPSA) is 81.2 Å². The van der Waals surface area contributed by atoms with Gasteiger partial charge in [0.25, 0.3) is 0 Å². The molecule has 3 N–H and O–H groups in total. The van der Waals surface area contributed by atoms with E-state index in [4.69, 9.17) is 10.2 Å². The fourth-order valence-electron chi connectivity index (χ4n) is 2.32. The number of thiazole rings is 1. The molecule has 0 bridgehead atoms. The van der Waals surface area contributed by atoms with E-state index < -0.39 is 0 Å². The molecule has 3 aromatic rings. The van der Waals surface area contributed by atoms with Crippen LogP contribution < -0.4 is 11.1 Å². The summed E-state index contributed by atoms with van der Waals surface area (Å²) in [4.78, 5) is 16.3. The Hall–Kier alpha value is -2.18. The zero-order chi connectivity index (χ0) is 15.5. The van der Waals surface area contributed by atoms with Gasteiger partial charge in [0.2, 0.25) is 5.91 Å². The van der Waals surface area contributed by atoms with E-state index in [0.717, 1.165) is 33.0 Å². The van der Waals surface area contributed by atoms with Crippen molar-refractivity contribution in [3.63, 3.8) is 0 Å². The molecular formula is C16H17N3O2S. The Morgan fingerprint density at radius 2 is 2.23 bits per heavy atom. The van der Waals surface area contributed by atoms with E-state index in [0.29, 0.717) is 13.1 Å². The summed E-state index contributed by atoms with van der Waals surface area (Å²) in [6.07, 6.45) is 0.260. The maximum Gasteiger partial charge on any atom is 0.226 e. The number of fused-ring (bicyclic) bond motifs is 1. The van der Waals surface area contributed by atoms with Gasteiger partial charge in [0, 0.05) is 22.9 Å². The van der Waals surface area contributed by atoms with Crippen LogP contribution >= 0.6 is 11.3 Å². The van der Waals surface area contributed by atoms with E-state index >= 15 is 0 Å². The lowest BCUT2D eigenvalue weighted by atomic mass is 10.1. The van der Waals surface area contributed by atoms with Crippen molar-refractivity contribution < 1.29 is 9.21 Å². The molecule has 114 valence electrons. The zero-order valence-corrected chi connectivity index (χ0v) is 13.1. The number of hydrogen-bond acceptors (Lipinski definition) is 5. The molecule has 5 nitrogen and oxygen atoms in total. The highest BCUT2D eigenvalue weighted by Crippen LogP contribution is 2.24. The van der Waals surface area contributed by atoms with Crippen molar-refractivity contribution in [2.75, 3.05) is 0 Å². The van der Waals surface area contributed by atoms with E-state index in [2.05, 4.69) is 10.3 Å². The maximum atomic E-state index is 12.0. The highest BCUT2D eigenvalue weighted by atomic mass is 32.1. The van der Waals surface area contributed by atoms with Crippen LogP contribution in [0.1, 0.15) is 22.0 Å². The van der Waals surface area contributed by atoms with Crippen LogP contribution in [0.2, 0.25) is 0 Å². The van der Waals surface area contributed by atoms with Gasteiger partial charge < -0.3 is 15.5 Å². The normalized spacial score (nSPS) is 11.0. The molecule has 0 fully saturated rings. The van der Waals surface area contributed by atoms with E-state index in [1.807, 2.05) is 36.6 Å². The van der Waals surface area contributed by atoms with E-state index in [-0.39, 0.29) is 12.3 Å². The molecule has 6 heteroatoms. The Kier molecular flexibility index (Phi) is 4.22. The number of amides is 1. The Labute approximate surface area is 132 Å². The minimum Gasteiger partial charge on any atom is -0.459 e. The van der Waals surface area contributed by atoms with Crippen LogP contribution in [-0.2, 0) is 24.3 Å². The van der Waals surface area contributed by atoms with Gasteiger partial charge in [0.1, 0.15) is 16.4 Å². The molecule has 0 aliphatic rings. The number of carbonyl (C=O) groups is 1. The molecule has 0 aliphatic carbocycles. The largest absolute Gasteiger partial charge is 0.459 e. The molecule has 0 radical (unpaired) electrons. The van der Waals surface area contributed by atoms with Gasteiger partial charge in [-0.1, -0.05) is 18.2 Å². The lowest BCUT2D eigenvalue weighted by molar-refractivity contribution is -0.120. The maximum absolute atomic E-state index is 12.0. The summed E-state index contributed by atoms with van der Waals surface area (Å²) in [5, 5.41) is 6.67. The third kappa shape index (κ3) is 3.03. The number of nitrogens with one attached hydrogen (secondary N) is 1. The molecule has 0 saturated heterocycles. The number of nitrogens with two attached hydrogens (primary N) is 1. The number of carbonyl (C=O) groups excluding carboxylic acids is 1. The molecule has 0 atom stereocenters. The van der Waals surface area contributed by atoms with Crippen LogP contribution in [0.3, 0.4) is 0 Å². The summed E-state index contributed by atoms with van der Waals surface area (Å²) in [7, 11) is 0. The van der Waals surface area contributed by atoms with Crippen LogP contribution in [0.25, 0.3) is 11.0 Å². The van der Waals surface area contributed by atoms with E-state index in [9.17, 15) is 4.79 Å². The molecule has 0 spiro atoms. The average Bonchev–Trinajstić information content (AvgIpc) is 3.10. The highest BCUT2D eigenvalue weighted by molar-refractivity contribution is 7.09. The number of para-hydroxylation sites is 1. The van der Waals surface area contributed by atoms with Crippen LogP contribution in [0, 0.1) is 6.92 Å². The monoisotopic (exact) mass is 315 g/mol. The number of aryl methyl sites for hydroxylation is 1. The summed E-state index contributed by atoms with van der Waals surface area (Å²) in [5.74, 6) is 0.712. The highest BCUT2D eigenvalue weighted by Gasteiger charge is 2.12. The smallest absolute Gasteiger partial charge is 0.226 e. The fraction of sp³-hybridized carbons (Fsp3) is 0.250. The first kappa shape index (κ1) is 14.7. The lowest BCUT2D eigenvalue weighted by Crippen LogP contribution is -2.24. The summed E-state index contributed by atoms with van der Waals surface area (Å²) >= 11 is 1.48. The van der Waals surface area contributed by atoms with Crippen LogP contribution in [0.5, 0.6) is 0 Å². The first-order chi connectivity index (χ1) is 10.7. The molecule has 2 aromatic heterocycles. The van der Waals surface area contributed by atoms with Gasteiger partial charge in [-0.25, -0.2) is 4.98 Å². The molecule has 22 heavy (non-hydrogen) atoms.